The van der Waals surface area contributed by atoms with Crippen molar-refractivity contribution in [2.45, 2.75) is 18.6 Å². The lowest BCUT2D eigenvalue weighted by Gasteiger charge is -2.17. The number of carboxylic acid groups (broad SMARTS) is 1. The molecule has 0 heterocycles. The summed E-state index contributed by atoms with van der Waals surface area (Å²) in [6.07, 6.45) is -4.88. The van der Waals surface area contributed by atoms with Crippen LogP contribution in [-0.2, 0) is 17.4 Å². The molecule has 0 spiro atoms. The fraction of sp³-hybridized carbons (Fsp3) is 0.176. The first-order valence-electron chi connectivity index (χ1n) is 7.13. The summed E-state index contributed by atoms with van der Waals surface area (Å²) in [5.41, 5.74) is -1.31. The maximum Gasteiger partial charge on any atom is 0.417 e. The molecule has 132 valence electrons. The highest BCUT2D eigenvalue weighted by Crippen LogP contribution is 2.31. The molecule has 2 rings (SSSR count). The van der Waals surface area contributed by atoms with E-state index in [0.717, 1.165) is 18.2 Å². The summed E-state index contributed by atoms with van der Waals surface area (Å²) in [5, 5.41) is 11.7. The largest absolute Gasteiger partial charge is 0.480 e. The van der Waals surface area contributed by atoms with Crippen LogP contribution in [0.2, 0.25) is 5.02 Å². The normalized spacial score (nSPS) is 12.5. The number of rotatable bonds is 5. The van der Waals surface area contributed by atoms with Crippen molar-refractivity contribution in [3.05, 3.63) is 70.2 Å². The standard InChI is InChI=1S/C17H13ClF3NO3/c18-13-8-4-1-5-10(13)9-14(16(24)25)22-15(23)11-6-2-3-7-12(11)17(19,20)21/h1-8,14H,9H2,(H,22,23)(H,24,25)/t14-/m1/s1. The van der Waals surface area contributed by atoms with Gasteiger partial charge in [-0.3, -0.25) is 4.79 Å². The Morgan fingerprint density at radius 1 is 1.08 bits per heavy atom. The number of carbonyl (C=O) groups is 2. The van der Waals surface area contributed by atoms with Gasteiger partial charge in [-0.25, -0.2) is 4.79 Å². The lowest BCUT2D eigenvalue weighted by Crippen LogP contribution is -2.43. The lowest BCUT2D eigenvalue weighted by atomic mass is 10.0. The molecule has 0 aromatic heterocycles. The highest BCUT2D eigenvalue weighted by atomic mass is 35.5. The van der Waals surface area contributed by atoms with Crippen molar-refractivity contribution in [2.24, 2.45) is 0 Å². The number of alkyl halides is 3. The van der Waals surface area contributed by atoms with Crippen LogP contribution < -0.4 is 5.32 Å². The minimum absolute atomic E-state index is 0.158. The zero-order valence-corrected chi connectivity index (χ0v) is 13.4. The molecule has 4 nitrogen and oxygen atoms in total. The van der Waals surface area contributed by atoms with Crippen molar-refractivity contribution in [2.75, 3.05) is 0 Å². The monoisotopic (exact) mass is 371 g/mol. The lowest BCUT2D eigenvalue weighted by molar-refractivity contribution is -0.139. The maximum atomic E-state index is 13.0. The molecule has 25 heavy (non-hydrogen) atoms. The van der Waals surface area contributed by atoms with Gasteiger partial charge in [0.15, 0.2) is 0 Å². The second-order valence-electron chi connectivity index (χ2n) is 5.20. The van der Waals surface area contributed by atoms with Gasteiger partial charge >= 0.3 is 12.1 Å². The van der Waals surface area contributed by atoms with Gasteiger partial charge in [-0.15, -0.1) is 0 Å². The SMILES string of the molecule is O=C(N[C@H](Cc1ccccc1Cl)C(=O)O)c1ccccc1C(F)(F)F. The fourth-order valence-corrected chi connectivity index (χ4v) is 2.46. The molecule has 0 radical (unpaired) electrons. The predicted octanol–water partition coefficient (Wildman–Crippen LogP) is 3.78. The number of aliphatic carboxylic acids is 1. The van der Waals surface area contributed by atoms with Crippen LogP contribution in [0.25, 0.3) is 0 Å². The van der Waals surface area contributed by atoms with E-state index in [4.69, 9.17) is 11.6 Å². The summed E-state index contributed by atoms with van der Waals surface area (Å²) in [7, 11) is 0. The van der Waals surface area contributed by atoms with Crippen LogP contribution in [0.1, 0.15) is 21.5 Å². The van der Waals surface area contributed by atoms with Crippen molar-refractivity contribution in [3.8, 4) is 0 Å². The molecule has 1 amide bonds. The first-order chi connectivity index (χ1) is 11.7. The van der Waals surface area contributed by atoms with E-state index in [1.54, 1.807) is 24.3 Å². The number of carbonyl (C=O) groups excluding carboxylic acids is 1. The number of hydrogen-bond acceptors (Lipinski definition) is 2. The number of carboxylic acids is 1. The van der Waals surface area contributed by atoms with E-state index in [0.29, 0.717) is 10.6 Å². The van der Waals surface area contributed by atoms with Crippen LogP contribution >= 0.6 is 11.6 Å². The van der Waals surface area contributed by atoms with E-state index in [-0.39, 0.29) is 6.42 Å². The molecule has 1 atom stereocenters. The van der Waals surface area contributed by atoms with Gasteiger partial charge in [0.1, 0.15) is 6.04 Å². The van der Waals surface area contributed by atoms with E-state index in [9.17, 15) is 27.9 Å². The van der Waals surface area contributed by atoms with Crippen molar-refractivity contribution in [1.29, 1.82) is 0 Å². The Balaban J connectivity index is 2.25. The Labute approximate surface area is 146 Å². The molecular formula is C17H13ClF3NO3. The van der Waals surface area contributed by atoms with Crippen LogP contribution in [0.15, 0.2) is 48.5 Å². The van der Waals surface area contributed by atoms with Crippen molar-refractivity contribution in [1.82, 2.24) is 5.32 Å². The maximum absolute atomic E-state index is 13.0. The molecule has 0 aliphatic heterocycles. The molecule has 0 fully saturated rings. The van der Waals surface area contributed by atoms with Crippen molar-refractivity contribution in [3.63, 3.8) is 0 Å². The Morgan fingerprint density at radius 2 is 1.68 bits per heavy atom. The van der Waals surface area contributed by atoms with Crippen LogP contribution in [0.5, 0.6) is 0 Å². The average molecular weight is 372 g/mol. The van der Waals surface area contributed by atoms with E-state index in [1.807, 2.05) is 0 Å². The molecule has 0 saturated carbocycles. The molecular weight excluding hydrogens is 359 g/mol. The number of halogens is 4. The Morgan fingerprint density at radius 3 is 2.28 bits per heavy atom. The van der Waals surface area contributed by atoms with Gasteiger partial charge in [-0.2, -0.15) is 13.2 Å². The third kappa shape index (κ3) is 4.73. The van der Waals surface area contributed by atoms with Gasteiger partial charge < -0.3 is 10.4 Å². The molecule has 2 aromatic rings. The summed E-state index contributed by atoms with van der Waals surface area (Å²) in [6.45, 7) is 0. The van der Waals surface area contributed by atoms with Gasteiger partial charge in [0.25, 0.3) is 5.91 Å². The van der Waals surface area contributed by atoms with E-state index >= 15 is 0 Å². The smallest absolute Gasteiger partial charge is 0.417 e. The van der Waals surface area contributed by atoms with Crippen LogP contribution in [0, 0.1) is 0 Å². The van der Waals surface area contributed by atoms with Gasteiger partial charge in [0, 0.05) is 11.4 Å². The third-order valence-electron chi connectivity index (χ3n) is 3.46. The van der Waals surface area contributed by atoms with E-state index < -0.39 is 35.2 Å². The van der Waals surface area contributed by atoms with Gasteiger partial charge in [0.05, 0.1) is 11.1 Å². The quantitative estimate of drug-likeness (QED) is 0.840. The summed E-state index contributed by atoms with van der Waals surface area (Å²) < 4.78 is 39.0. The minimum Gasteiger partial charge on any atom is -0.480 e. The summed E-state index contributed by atoms with van der Waals surface area (Å²) in [5.74, 6) is -2.50. The van der Waals surface area contributed by atoms with Crippen LogP contribution in [0.3, 0.4) is 0 Å². The van der Waals surface area contributed by atoms with Crippen LogP contribution in [0.4, 0.5) is 13.2 Å². The predicted molar refractivity (Wildman–Crippen MR) is 85.5 cm³/mol. The molecule has 0 bridgehead atoms. The summed E-state index contributed by atoms with van der Waals surface area (Å²) in [4.78, 5) is 23.6. The Kier molecular flexibility index (Phi) is 5.69. The number of benzene rings is 2. The fourth-order valence-electron chi connectivity index (χ4n) is 2.25. The van der Waals surface area contributed by atoms with Crippen molar-refractivity contribution >= 4 is 23.5 Å². The van der Waals surface area contributed by atoms with E-state index in [2.05, 4.69) is 5.32 Å². The second kappa shape index (κ2) is 7.57. The minimum atomic E-state index is -4.73. The highest BCUT2D eigenvalue weighted by Gasteiger charge is 2.35. The number of nitrogens with one attached hydrogen (secondary N) is 1. The molecule has 0 unspecified atom stereocenters. The molecule has 0 aliphatic carbocycles. The summed E-state index contributed by atoms with van der Waals surface area (Å²) in [6, 6.07) is 9.18. The first kappa shape index (κ1) is 18.8. The van der Waals surface area contributed by atoms with Gasteiger partial charge in [-0.05, 0) is 23.8 Å². The van der Waals surface area contributed by atoms with Gasteiger partial charge in [-0.1, -0.05) is 41.9 Å². The number of hydrogen-bond donors (Lipinski definition) is 2. The molecule has 2 aromatic carbocycles. The zero-order valence-electron chi connectivity index (χ0n) is 12.7. The highest BCUT2D eigenvalue weighted by molar-refractivity contribution is 6.31. The average Bonchev–Trinajstić information content (AvgIpc) is 2.55. The molecule has 8 heteroatoms. The van der Waals surface area contributed by atoms with Crippen molar-refractivity contribution < 1.29 is 27.9 Å². The molecule has 0 saturated heterocycles. The summed E-state index contributed by atoms with van der Waals surface area (Å²) >= 11 is 5.96. The number of amides is 1. The first-order valence-corrected chi connectivity index (χ1v) is 7.51. The molecule has 0 aliphatic rings. The topological polar surface area (TPSA) is 66.4 Å². The second-order valence-corrected chi connectivity index (χ2v) is 5.61. The third-order valence-corrected chi connectivity index (χ3v) is 3.83. The zero-order chi connectivity index (χ0) is 18.6. The van der Waals surface area contributed by atoms with E-state index in [1.165, 1.54) is 6.07 Å². The Bertz CT molecular complexity index is 793. The van der Waals surface area contributed by atoms with Crippen LogP contribution in [-0.4, -0.2) is 23.0 Å². The van der Waals surface area contributed by atoms with Gasteiger partial charge in [0.2, 0.25) is 0 Å². The Hall–Kier alpha value is -2.54. The molecule has 2 N–H and O–H groups in total.